The number of sulfonamides is 1. The van der Waals surface area contributed by atoms with Crippen LogP contribution in [0.1, 0.15) is 6.42 Å². The molecule has 33 heavy (non-hydrogen) atoms. The van der Waals surface area contributed by atoms with Gasteiger partial charge in [0, 0.05) is 38.4 Å². The van der Waals surface area contributed by atoms with E-state index in [1.165, 1.54) is 12.1 Å². The summed E-state index contributed by atoms with van der Waals surface area (Å²) < 4.78 is 32.9. The Morgan fingerprint density at radius 1 is 0.909 bits per heavy atom. The van der Waals surface area contributed by atoms with Crippen LogP contribution in [-0.4, -0.2) is 86.6 Å². The monoisotopic (exact) mass is 475 g/mol. The zero-order chi connectivity index (χ0) is 23.4. The van der Waals surface area contributed by atoms with Crippen LogP contribution in [0, 0.1) is 0 Å². The minimum absolute atomic E-state index is 0.0779. The molecule has 2 fully saturated rings. The number of carbonyl (C=O) groups excluding carboxylic acids is 1. The number of hydrogen-bond donors (Lipinski definition) is 3. The van der Waals surface area contributed by atoms with Crippen molar-refractivity contribution in [1.82, 2.24) is 9.62 Å². The molecule has 0 spiro atoms. The smallest absolute Gasteiger partial charge is 0.240 e. The van der Waals surface area contributed by atoms with Gasteiger partial charge in [-0.3, -0.25) is 4.79 Å². The van der Waals surface area contributed by atoms with Gasteiger partial charge in [0.15, 0.2) is 0 Å². The first-order valence-corrected chi connectivity index (χ1v) is 12.5. The average molecular weight is 476 g/mol. The molecule has 0 radical (unpaired) electrons. The van der Waals surface area contributed by atoms with E-state index in [9.17, 15) is 23.4 Å². The fourth-order valence-corrected chi connectivity index (χ4v) is 5.26. The predicted octanol–water partition coefficient (Wildman–Crippen LogP) is 0.193. The number of aliphatic hydroxyl groups excluding tert-OH is 2. The van der Waals surface area contributed by atoms with Gasteiger partial charge in [-0.1, -0.05) is 36.4 Å². The molecule has 178 valence electrons. The van der Waals surface area contributed by atoms with Gasteiger partial charge in [0.05, 0.1) is 17.4 Å². The van der Waals surface area contributed by atoms with E-state index in [1.54, 1.807) is 23.1 Å². The third-order valence-electron chi connectivity index (χ3n) is 6.12. The fraction of sp³-hybridized carbons (Fsp3) is 0.435. The van der Waals surface area contributed by atoms with Crippen LogP contribution in [0.2, 0.25) is 0 Å². The van der Waals surface area contributed by atoms with Crippen LogP contribution in [-0.2, 0) is 19.6 Å². The van der Waals surface area contributed by atoms with E-state index < -0.39 is 34.4 Å². The Labute approximate surface area is 193 Å². The second-order valence-electron chi connectivity index (χ2n) is 8.27. The Morgan fingerprint density at radius 3 is 2.12 bits per heavy atom. The van der Waals surface area contributed by atoms with E-state index in [-0.39, 0.29) is 23.8 Å². The molecule has 1 amide bonds. The number of nitrogens with zero attached hydrogens (tertiary/aromatic N) is 2. The van der Waals surface area contributed by atoms with Crippen molar-refractivity contribution >= 4 is 21.6 Å². The van der Waals surface area contributed by atoms with Gasteiger partial charge < -0.3 is 24.7 Å². The molecule has 4 rings (SSSR count). The maximum absolute atomic E-state index is 12.8. The van der Waals surface area contributed by atoms with Crippen molar-refractivity contribution in [3.8, 4) is 0 Å². The van der Waals surface area contributed by atoms with E-state index >= 15 is 0 Å². The molecule has 0 unspecified atom stereocenters. The SMILES string of the molecule is O=C(C[C@H]1O[C@H](CNS(=O)(=O)c2ccccc2)[C@@H](O)[C@H]1O)N1CCN(c2ccccc2)CC1. The molecule has 0 aliphatic carbocycles. The number of carbonyl (C=O) groups is 1. The van der Waals surface area contributed by atoms with Crippen LogP contribution >= 0.6 is 0 Å². The van der Waals surface area contributed by atoms with Gasteiger partial charge in [0.2, 0.25) is 15.9 Å². The minimum atomic E-state index is -3.78. The molecule has 0 aromatic heterocycles. The first-order valence-electron chi connectivity index (χ1n) is 11.0. The van der Waals surface area contributed by atoms with Gasteiger partial charge in [-0.05, 0) is 24.3 Å². The molecule has 3 N–H and O–H groups in total. The number of nitrogens with one attached hydrogen (secondary N) is 1. The second kappa shape index (κ2) is 10.2. The van der Waals surface area contributed by atoms with Crippen molar-refractivity contribution in [2.24, 2.45) is 0 Å². The molecule has 2 aliphatic rings. The molecule has 4 atom stereocenters. The number of para-hydroxylation sites is 1. The predicted molar refractivity (Wildman–Crippen MR) is 122 cm³/mol. The molecule has 2 aromatic rings. The largest absolute Gasteiger partial charge is 0.388 e. The van der Waals surface area contributed by atoms with E-state index in [0.717, 1.165) is 5.69 Å². The summed E-state index contributed by atoms with van der Waals surface area (Å²) in [7, 11) is -3.78. The van der Waals surface area contributed by atoms with E-state index in [4.69, 9.17) is 4.74 Å². The van der Waals surface area contributed by atoms with Gasteiger partial charge in [0.1, 0.15) is 18.3 Å². The summed E-state index contributed by atoms with van der Waals surface area (Å²) in [5.74, 6) is -0.163. The van der Waals surface area contributed by atoms with Gasteiger partial charge in [-0.2, -0.15) is 0 Å². The quantitative estimate of drug-likeness (QED) is 0.523. The highest BCUT2D eigenvalue weighted by atomic mass is 32.2. The number of rotatable bonds is 7. The molecule has 2 saturated heterocycles. The number of benzene rings is 2. The van der Waals surface area contributed by atoms with Crippen LogP contribution < -0.4 is 9.62 Å². The maximum Gasteiger partial charge on any atom is 0.240 e. The van der Waals surface area contributed by atoms with Gasteiger partial charge in [-0.15, -0.1) is 0 Å². The molecule has 9 nitrogen and oxygen atoms in total. The van der Waals surface area contributed by atoms with Gasteiger partial charge in [0.25, 0.3) is 0 Å². The van der Waals surface area contributed by atoms with Crippen molar-refractivity contribution in [2.45, 2.75) is 35.7 Å². The Bertz CT molecular complexity index is 1030. The number of aliphatic hydroxyl groups is 2. The third-order valence-corrected chi connectivity index (χ3v) is 7.56. The number of anilines is 1. The van der Waals surface area contributed by atoms with E-state index in [0.29, 0.717) is 26.2 Å². The minimum Gasteiger partial charge on any atom is -0.388 e. The fourth-order valence-electron chi connectivity index (χ4n) is 4.19. The van der Waals surface area contributed by atoms with Crippen LogP contribution in [0.15, 0.2) is 65.6 Å². The molecular weight excluding hydrogens is 446 g/mol. The first-order chi connectivity index (χ1) is 15.8. The lowest BCUT2D eigenvalue weighted by molar-refractivity contribution is -0.135. The number of amides is 1. The van der Waals surface area contributed by atoms with Crippen molar-refractivity contribution < 1.29 is 28.2 Å². The van der Waals surface area contributed by atoms with Crippen molar-refractivity contribution in [1.29, 1.82) is 0 Å². The maximum atomic E-state index is 12.8. The standard InChI is InChI=1S/C23H29N3O6S/c27-21(26-13-11-25(12-14-26)17-7-3-1-4-8-17)15-19-22(28)23(29)20(32-19)16-24-33(30,31)18-9-5-2-6-10-18/h1-10,19-20,22-24,28-29H,11-16H2/t19-,20-,22+,23-/m1/s1. The summed E-state index contributed by atoms with van der Waals surface area (Å²) in [6, 6.07) is 17.8. The zero-order valence-corrected chi connectivity index (χ0v) is 19.0. The summed E-state index contributed by atoms with van der Waals surface area (Å²) >= 11 is 0. The van der Waals surface area contributed by atoms with Crippen LogP contribution in [0.4, 0.5) is 5.69 Å². The molecule has 2 heterocycles. The van der Waals surface area contributed by atoms with Crippen LogP contribution in [0.25, 0.3) is 0 Å². The van der Waals surface area contributed by atoms with Crippen molar-refractivity contribution in [2.75, 3.05) is 37.6 Å². The van der Waals surface area contributed by atoms with E-state index in [1.807, 2.05) is 30.3 Å². The van der Waals surface area contributed by atoms with Gasteiger partial charge >= 0.3 is 0 Å². The Hall–Kier alpha value is -2.50. The highest BCUT2D eigenvalue weighted by molar-refractivity contribution is 7.89. The summed E-state index contributed by atoms with van der Waals surface area (Å²) in [5, 5.41) is 20.7. The normalized spacial score (nSPS) is 25.9. The number of piperazine rings is 1. The lowest BCUT2D eigenvalue weighted by atomic mass is 10.0. The van der Waals surface area contributed by atoms with E-state index in [2.05, 4.69) is 9.62 Å². The average Bonchev–Trinajstić information content (AvgIpc) is 3.12. The highest BCUT2D eigenvalue weighted by Crippen LogP contribution is 2.25. The number of ether oxygens (including phenoxy) is 1. The molecule has 2 aliphatic heterocycles. The lowest BCUT2D eigenvalue weighted by Crippen LogP contribution is -2.49. The Kier molecular flexibility index (Phi) is 7.30. The second-order valence-corrected chi connectivity index (χ2v) is 10.0. The Morgan fingerprint density at radius 2 is 1.48 bits per heavy atom. The Balaban J connectivity index is 1.28. The number of hydrogen-bond acceptors (Lipinski definition) is 7. The molecular formula is C23H29N3O6S. The molecule has 2 aromatic carbocycles. The lowest BCUT2D eigenvalue weighted by Gasteiger charge is -2.36. The molecule has 0 saturated carbocycles. The summed E-state index contributed by atoms with van der Waals surface area (Å²) in [4.78, 5) is 16.8. The summed E-state index contributed by atoms with van der Waals surface area (Å²) in [6.07, 6.45) is -4.50. The zero-order valence-electron chi connectivity index (χ0n) is 18.2. The summed E-state index contributed by atoms with van der Waals surface area (Å²) in [5.41, 5.74) is 1.11. The van der Waals surface area contributed by atoms with Gasteiger partial charge in [-0.25, -0.2) is 13.1 Å². The first kappa shape index (κ1) is 23.7. The molecule has 0 bridgehead atoms. The molecule has 10 heteroatoms. The topological polar surface area (TPSA) is 119 Å². The highest BCUT2D eigenvalue weighted by Gasteiger charge is 2.44. The van der Waals surface area contributed by atoms with Crippen LogP contribution in [0.3, 0.4) is 0 Å². The van der Waals surface area contributed by atoms with Crippen molar-refractivity contribution in [3.05, 3.63) is 60.7 Å². The third kappa shape index (κ3) is 5.53. The van der Waals surface area contributed by atoms with Crippen LogP contribution in [0.5, 0.6) is 0 Å². The van der Waals surface area contributed by atoms with Crippen molar-refractivity contribution in [3.63, 3.8) is 0 Å². The summed E-state index contributed by atoms with van der Waals surface area (Å²) in [6.45, 7) is 2.31.